The van der Waals surface area contributed by atoms with Crippen LogP contribution in [0.15, 0.2) is 83.0 Å². The summed E-state index contributed by atoms with van der Waals surface area (Å²) >= 11 is 0. The van der Waals surface area contributed by atoms with Gasteiger partial charge in [0.2, 0.25) is 0 Å². The molecule has 0 aliphatic carbocycles. The Morgan fingerprint density at radius 3 is 1.41 bits per heavy atom. The Bertz CT molecular complexity index is 1120. The van der Waals surface area contributed by atoms with Gasteiger partial charge >= 0.3 is 5.97 Å². The number of methoxy groups -OCH3 is 2. The Morgan fingerprint density at radius 2 is 0.949 bits per heavy atom. The summed E-state index contributed by atoms with van der Waals surface area (Å²) in [6, 6.07) is 20.8. The molecule has 0 spiro atoms. The first-order chi connectivity index (χ1) is 19.2. The van der Waals surface area contributed by atoms with E-state index in [0.717, 1.165) is 5.75 Å². The standard InChI is InChI=1S/C29H34N2O8/c1-33-15-17-35-19-21-37-26-9-3-23(4-10-26)29(32)39-28-13-7-25(8-14-28)31-30-24-5-11-27(12-6-24)38-22-20-36-18-16-34-2/h3-14H,15-22H2,1-2H3. The van der Waals surface area contributed by atoms with Gasteiger partial charge in [-0.15, -0.1) is 0 Å². The first kappa shape index (κ1) is 29.7. The molecule has 0 unspecified atom stereocenters. The van der Waals surface area contributed by atoms with Crippen molar-refractivity contribution in [2.24, 2.45) is 10.2 Å². The quantitative estimate of drug-likeness (QED) is 0.0917. The van der Waals surface area contributed by atoms with E-state index < -0.39 is 5.97 Å². The van der Waals surface area contributed by atoms with Crippen LogP contribution in [-0.2, 0) is 18.9 Å². The number of ether oxygens (including phenoxy) is 7. The van der Waals surface area contributed by atoms with Crippen LogP contribution in [0.1, 0.15) is 10.4 Å². The minimum absolute atomic E-state index is 0.403. The number of rotatable bonds is 18. The predicted molar refractivity (Wildman–Crippen MR) is 145 cm³/mol. The lowest BCUT2D eigenvalue weighted by molar-refractivity contribution is 0.0544. The minimum atomic E-state index is -0.470. The van der Waals surface area contributed by atoms with E-state index >= 15 is 0 Å². The molecule has 39 heavy (non-hydrogen) atoms. The SMILES string of the molecule is COCCOCCOc1ccc(N=Nc2ccc(OC(=O)c3ccc(OCCOCCOC)cc3)cc2)cc1. The topological polar surface area (TPSA) is 106 Å². The van der Waals surface area contributed by atoms with Crippen LogP contribution >= 0.6 is 0 Å². The van der Waals surface area contributed by atoms with Gasteiger partial charge in [-0.1, -0.05) is 0 Å². The molecule has 3 aromatic rings. The van der Waals surface area contributed by atoms with Crippen molar-refractivity contribution in [3.63, 3.8) is 0 Å². The Labute approximate surface area is 228 Å². The normalized spacial score (nSPS) is 11.0. The van der Waals surface area contributed by atoms with Gasteiger partial charge in [-0.05, 0) is 72.8 Å². The summed E-state index contributed by atoms with van der Waals surface area (Å²) in [5, 5.41) is 8.46. The van der Waals surface area contributed by atoms with Crippen molar-refractivity contribution in [1.82, 2.24) is 0 Å². The van der Waals surface area contributed by atoms with Crippen LogP contribution in [-0.4, -0.2) is 73.0 Å². The second kappa shape index (κ2) is 17.6. The maximum atomic E-state index is 12.5. The average Bonchev–Trinajstić information content (AvgIpc) is 2.97. The first-order valence-corrected chi connectivity index (χ1v) is 12.5. The first-order valence-electron chi connectivity index (χ1n) is 12.5. The minimum Gasteiger partial charge on any atom is -0.491 e. The molecule has 0 bridgehead atoms. The smallest absolute Gasteiger partial charge is 0.343 e. The molecule has 3 aromatic carbocycles. The molecule has 208 valence electrons. The van der Waals surface area contributed by atoms with Crippen molar-refractivity contribution in [1.29, 1.82) is 0 Å². The van der Waals surface area contributed by atoms with Gasteiger partial charge in [-0.3, -0.25) is 0 Å². The van der Waals surface area contributed by atoms with Crippen molar-refractivity contribution in [2.75, 3.05) is 67.1 Å². The summed E-state index contributed by atoms with van der Waals surface area (Å²) in [6.45, 7) is 3.97. The predicted octanol–water partition coefficient (Wildman–Crippen LogP) is 5.40. The fourth-order valence-electron chi connectivity index (χ4n) is 3.08. The van der Waals surface area contributed by atoms with Gasteiger partial charge in [0, 0.05) is 14.2 Å². The Morgan fingerprint density at radius 1 is 0.538 bits per heavy atom. The number of nitrogens with zero attached hydrogens (tertiary/aromatic N) is 2. The van der Waals surface area contributed by atoms with Crippen LogP contribution in [0.25, 0.3) is 0 Å². The van der Waals surface area contributed by atoms with Crippen molar-refractivity contribution in [2.45, 2.75) is 0 Å². The van der Waals surface area contributed by atoms with Gasteiger partial charge in [0.25, 0.3) is 0 Å². The second-order valence-corrected chi connectivity index (χ2v) is 8.01. The van der Waals surface area contributed by atoms with E-state index in [4.69, 9.17) is 33.2 Å². The molecule has 3 rings (SSSR count). The van der Waals surface area contributed by atoms with Crippen LogP contribution in [0.4, 0.5) is 11.4 Å². The molecule has 0 aromatic heterocycles. The summed E-state index contributed by atoms with van der Waals surface area (Å²) in [7, 11) is 3.26. The van der Waals surface area contributed by atoms with Crippen LogP contribution in [0, 0.1) is 0 Å². The number of carbonyl (C=O) groups excluding carboxylic acids is 1. The number of hydrogen-bond acceptors (Lipinski definition) is 10. The van der Waals surface area contributed by atoms with Crippen molar-refractivity contribution >= 4 is 17.3 Å². The molecule has 0 saturated carbocycles. The van der Waals surface area contributed by atoms with E-state index in [1.807, 2.05) is 24.3 Å². The Hall–Kier alpha value is -3.83. The highest BCUT2D eigenvalue weighted by Gasteiger charge is 2.09. The van der Waals surface area contributed by atoms with E-state index in [1.165, 1.54) is 0 Å². The van der Waals surface area contributed by atoms with E-state index in [1.54, 1.807) is 62.8 Å². The average molecular weight is 539 g/mol. The molecule has 0 N–H and O–H groups in total. The molecular formula is C29H34N2O8. The van der Waals surface area contributed by atoms with Gasteiger partial charge < -0.3 is 33.2 Å². The monoisotopic (exact) mass is 538 g/mol. The molecule has 0 heterocycles. The van der Waals surface area contributed by atoms with E-state index in [-0.39, 0.29) is 0 Å². The molecule has 10 heteroatoms. The third-order valence-corrected chi connectivity index (χ3v) is 5.11. The zero-order chi connectivity index (χ0) is 27.5. The van der Waals surface area contributed by atoms with Crippen LogP contribution in [0.5, 0.6) is 17.2 Å². The lowest BCUT2D eigenvalue weighted by Gasteiger charge is -2.08. The van der Waals surface area contributed by atoms with Gasteiger partial charge in [-0.2, -0.15) is 10.2 Å². The fourth-order valence-corrected chi connectivity index (χ4v) is 3.08. The van der Waals surface area contributed by atoms with E-state index in [9.17, 15) is 4.79 Å². The second-order valence-electron chi connectivity index (χ2n) is 8.01. The third-order valence-electron chi connectivity index (χ3n) is 5.11. The summed E-state index contributed by atoms with van der Waals surface area (Å²) < 4.78 is 37.2. The van der Waals surface area contributed by atoms with Crippen LogP contribution in [0.2, 0.25) is 0 Å². The van der Waals surface area contributed by atoms with Crippen LogP contribution < -0.4 is 14.2 Å². The van der Waals surface area contributed by atoms with Crippen molar-refractivity contribution in [3.8, 4) is 17.2 Å². The van der Waals surface area contributed by atoms with E-state index in [0.29, 0.717) is 81.3 Å². The summed E-state index contributed by atoms with van der Waals surface area (Å²) in [6.07, 6.45) is 0. The summed E-state index contributed by atoms with van der Waals surface area (Å²) in [5.41, 5.74) is 1.71. The van der Waals surface area contributed by atoms with Crippen molar-refractivity contribution < 1.29 is 38.0 Å². The molecule has 0 radical (unpaired) electrons. The largest absolute Gasteiger partial charge is 0.491 e. The van der Waals surface area contributed by atoms with Crippen molar-refractivity contribution in [3.05, 3.63) is 78.4 Å². The van der Waals surface area contributed by atoms with Gasteiger partial charge in [-0.25, -0.2) is 4.79 Å². The van der Waals surface area contributed by atoms with Gasteiger partial charge in [0.1, 0.15) is 30.5 Å². The Balaban J connectivity index is 1.40. The van der Waals surface area contributed by atoms with Gasteiger partial charge in [0.15, 0.2) is 0 Å². The molecule has 0 saturated heterocycles. The van der Waals surface area contributed by atoms with E-state index in [2.05, 4.69) is 10.2 Å². The molecule has 0 atom stereocenters. The lowest BCUT2D eigenvalue weighted by Crippen LogP contribution is -2.10. The molecule has 10 nitrogen and oxygen atoms in total. The number of carbonyl (C=O) groups is 1. The maximum absolute atomic E-state index is 12.5. The number of hydrogen-bond donors (Lipinski definition) is 0. The molecule has 0 amide bonds. The summed E-state index contributed by atoms with van der Waals surface area (Å²) in [5.74, 6) is 1.30. The third kappa shape index (κ3) is 11.6. The highest BCUT2D eigenvalue weighted by atomic mass is 16.5. The van der Waals surface area contributed by atoms with Crippen LogP contribution in [0.3, 0.4) is 0 Å². The zero-order valence-electron chi connectivity index (χ0n) is 22.2. The zero-order valence-corrected chi connectivity index (χ0v) is 22.2. The number of azo groups is 1. The van der Waals surface area contributed by atoms with Gasteiger partial charge in [0.05, 0.1) is 56.6 Å². The number of esters is 1. The maximum Gasteiger partial charge on any atom is 0.343 e. The highest BCUT2D eigenvalue weighted by Crippen LogP contribution is 2.24. The highest BCUT2D eigenvalue weighted by molar-refractivity contribution is 5.91. The lowest BCUT2D eigenvalue weighted by atomic mass is 10.2. The molecule has 0 aliphatic heterocycles. The number of benzene rings is 3. The molecular weight excluding hydrogens is 504 g/mol. The molecule has 0 aliphatic rings. The Kier molecular flexibility index (Phi) is 13.4. The summed E-state index contributed by atoms with van der Waals surface area (Å²) in [4.78, 5) is 12.5. The fraction of sp³-hybridized carbons (Fsp3) is 0.345. The molecule has 0 fully saturated rings.